The smallest absolute Gasteiger partial charge is 0.124 e. The van der Waals surface area contributed by atoms with Crippen molar-refractivity contribution in [2.75, 3.05) is 0 Å². The van der Waals surface area contributed by atoms with E-state index in [4.69, 9.17) is 9.98 Å². The van der Waals surface area contributed by atoms with Crippen LogP contribution in [-0.2, 0) is 27.3 Å². The van der Waals surface area contributed by atoms with Gasteiger partial charge < -0.3 is 10.2 Å². The molecule has 7 aromatic rings. The van der Waals surface area contributed by atoms with E-state index in [0.717, 1.165) is 20.9 Å². The minimum Gasteiger partial charge on any atom is -0.507 e. The number of aliphatic imine (C=N–C) groups is 2. The van der Waals surface area contributed by atoms with Crippen molar-refractivity contribution >= 4 is 69.2 Å². The van der Waals surface area contributed by atoms with Crippen LogP contribution in [0, 0.1) is 0 Å². The van der Waals surface area contributed by atoms with Gasteiger partial charge in [0.2, 0.25) is 0 Å². The zero-order chi connectivity index (χ0) is 29.9. The number of hydrogen-bond acceptors (Lipinski definition) is 8. The van der Waals surface area contributed by atoms with Crippen molar-refractivity contribution in [2.24, 2.45) is 9.98 Å². The quantitative estimate of drug-likeness (QED) is 0.120. The monoisotopic (exact) mass is 758 g/mol. The Morgan fingerprint density at radius 3 is 1.33 bits per heavy atom. The average molecular weight is 757 g/mol. The van der Waals surface area contributed by atoms with Gasteiger partial charge in [-0.05, 0) is 107 Å². The largest absolute Gasteiger partial charge is 0.507 e. The molecule has 45 heavy (non-hydrogen) atoms. The third-order valence-electron chi connectivity index (χ3n) is 6.93. The van der Waals surface area contributed by atoms with Crippen LogP contribution in [0.1, 0.15) is 11.1 Å². The molecule has 4 nitrogen and oxygen atoms in total. The van der Waals surface area contributed by atoms with Crippen LogP contribution in [0.15, 0.2) is 130 Å². The molecule has 4 aromatic heterocycles. The van der Waals surface area contributed by atoms with Gasteiger partial charge in [-0.25, -0.2) is 0 Å². The van der Waals surface area contributed by atoms with E-state index in [1.54, 1.807) is 69.9 Å². The molecule has 0 aliphatic rings. The van der Waals surface area contributed by atoms with Crippen molar-refractivity contribution < 1.29 is 37.5 Å². The van der Waals surface area contributed by atoms with Crippen molar-refractivity contribution in [3.05, 3.63) is 131 Å². The number of benzene rings is 3. The van der Waals surface area contributed by atoms with Crippen molar-refractivity contribution in [3.8, 4) is 51.9 Å². The van der Waals surface area contributed by atoms with Crippen LogP contribution in [0.4, 0.5) is 11.4 Å². The Hall–Kier alpha value is -3.68. The van der Waals surface area contributed by atoms with Gasteiger partial charge in [-0.2, -0.15) is 0 Å². The van der Waals surface area contributed by atoms with Crippen LogP contribution in [0.2, 0.25) is 0 Å². The fourth-order valence-electron chi connectivity index (χ4n) is 4.67. The Morgan fingerprint density at radius 1 is 0.467 bits per heavy atom. The van der Waals surface area contributed by atoms with Gasteiger partial charge in [-0.15, -0.1) is 45.3 Å². The van der Waals surface area contributed by atoms with Gasteiger partial charge in [0.05, 0.1) is 11.4 Å². The van der Waals surface area contributed by atoms with Gasteiger partial charge in [0, 0.05) is 80.1 Å². The fourth-order valence-corrected chi connectivity index (χ4v) is 8.35. The van der Waals surface area contributed by atoms with Crippen LogP contribution in [0.3, 0.4) is 0 Å². The van der Waals surface area contributed by atoms with Gasteiger partial charge in [0.15, 0.2) is 0 Å². The van der Waals surface area contributed by atoms with E-state index < -0.39 is 0 Å². The predicted octanol–water partition coefficient (Wildman–Crippen LogP) is 11.5. The van der Waals surface area contributed by atoms with Crippen LogP contribution in [-0.4, -0.2) is 22.6 Å². The summed E-state index contributed by atoms with van der Waals surface area (Å²) in [6, 6.07) is 35.6. The van der Waals surface area contributed by atoms with Gasteiger partial charge in [-0.1, -0.05) is 24.3 Å². The van der Waals surface area contributed by atoms with Crippen LogP contribution in [0.25, 0.3) is 40.4 Å². The summed E-state index contributed by atoms with van der Waals surface area (Å²) in [6.45, 7) is 0. The van der Waals surface area contributed by atoms with Crippen LogP contribution < -0.4 is 0 Å². The Labute approximate surface area is 297 Å². The first-order valence-corrected chi connectivity index (χ1v) is 17.1. The van der Waals surface area contributed by atoms with E-state index in [1.807, 2.05) is 48.5 Å². The van der Waals surface area contributed by atoms with Gasteiger partial charge >= 0.3 is 0 Å². The summed E-state index contributed by atoms with van der Waals surface area (Å²) in [7, 11) is 0. The van der Waals surface area contributed by atoms with Crippen molar-refractivity contribution in [1.82, 2.24) is 0 Å². The van der Waals surface area contributed by atoms with Crippen molar-refractivity contribution in [2.45, 2.75) is 0 Å². The average Bonchev–Trinajstić information content (AvgIpc) is 3.87. The maximum absolute atomic E-state index is 10.6. The first kappa shape index (κ1) is 31.3. The number of aromatic hydroxyl groups is 2. The Balaban J connectivity index is 0.00000357. The summed E-state index contributed by atoms with van der Waals surface area (Å²) in [5.74, 6) is 0.317. The summed E-state index contributed by atoms with van der Waals surface area (Å²) in [5.41, 5.74) is 4.59. The number of hydrogen-bond donors (Lipinski definition) is 2. The first-order chi connectivity index (χ1) is 21.6. The predicted molar refractivity (Wildman–Crippen MR) is 190 cm³/mol. The molecule has 0 aliphatic heterocycles. The zero-order valence-electron chi connectivity index (χ0n) is 23.8. The molecule has 2 N–H and O–H groups in total. The Morgan fingerprint density at radius 2 is 0.911 bits per heavy atom. The summed E-state index contributed by atoms with van der Waals surface area (Å²) < 4.78 is 0. The molecule has 0 atom stereocenters. The molecule has 9 heteroatoms. The minimum absolute atomic E-state index is 0. The molecule has 4 heterocycles. The molecule has 216 valence electrons. The van der Waals surface area contributed by atoms with E-state index >= 15 is 0 Å². The third-order valence-corrected chi connectivity index (χ3v) is 11.3. The second-order valence-electron chi connectivity index (χ2n) is 9.83. The molecular weight excluding hydrogens is 733 g/mol. The number of thiophene rings is 4. The molecule has 0 radical (unpaired) electrons. The standard InChI is InChI=1S/C36H24N2O2S4.Cd/c39-29-11-9-23(31-13-15-35(43-31)33-7-3-17-41-33)19-25(29)21-37-27-5-1-2-6-28(27)38-22-26-20-24(10-12-30(26)40)32-14-16-36(44-32)34-8-4-18-42-34;/h1-22,39-40H;. The van der Waals surface area contributed by atoms with E-state index in [2.05, 4.69) is 59.3 Å². The molecule has 0 spiro atoms. The number of nitrogens with zero attached hydrogens (tertiary/aromatic N) is 2. The van der Waals surface area contributed by atoms with Crippen LogP contribution >= 0.6 is 45.3 Å². The summed E-state index contributed by atoms with van der Waals surface area (Å²) >= 11 is 6.90. The number of phenols is 2. The third kappa shape index (κ3) is 7.10. The van der Waals surface area contributed by atoms with Gasteiger partial charge in [0.1, 0.15) is 11.5 Å². The van der Waals surface area contributed by atoms with E-state index in [-0.39, 0.29) is 38.8 Å². The van der Waals surface area contributed by atoms with Crippen molar-refractivity contribution in [1.29, 1.82) is 0 Å². The van der Waals surface area contributed by atoms with Gasteiger partial charge in [0.25, 0.3) is 0 Å². The van der Waals surface area contributed by atoms with E-state index in [0.29, 0.717) is 22.5 Å². The number of para-hydroxylation sites is 2. The van der Waals surface area contributed by atoms with Gasteiger partial charge in [-0.3, -0.25) is 9.98 Å². The fraction of sp³-hybridized carbons (Fsp3) is 0. The maximum Gasteiger partial charge on any atom is 0.124 e. The van der Waals surface area contributed by atoms with E-state index in [9.17, 15) is 10.2 Å². The normalized spacial score (nSPS) is 11.4. The Kier molecular flexibility index (Phi) is 9.86. The molecule has 0 unspecified atom stereocenters. The summed E-state index contributed by atoms with van der Waals surface area (Å²) in [6.07, 6.45) is 3.34. The minimum atomic E-state index is 0. The molecule has 0 amide bonds. The molecule has 0 bridgehead atoms. The molecule has 7 rings (SSSR count). The summed E-state index contributed by atoms with van der Waals surface area (Å²) in [5, 5.41) is 25.4. The molecule has 0 aliphatic carbocycles. The second kappa shape index (κ2) is 14.2. The zero-order valence-corrected chi connectivity index (χ0v) is 31.1. The SMILES string of the molecule is Oc1ccc(-c2ccc(-c3cccs3)s2)cc1C=Nc1ccccc1N=Cc1cc(-c2ccc(-c3cccs3)s2)ccc1O.[Cd]. The van der Waals surface area contributed by atoms with Crippen LogP contribution in [0.5, 0.6) is 11.5 Å². The molecular formula is C36H24CdN2O2S4. The topological polar surface area (TPSA) is 65.2 Å². The molecule has 0 saturated carbocycles. The van der Waals surface area contributed by atoms with E-state index in [1.165, 1.54) is 19.5 Å². The second-order valence-corrected chi connectivity index (χ2v) is 13.9. The first-order valence-electron chi connectivity index (χ1n) is 13.7. The molecule has 0 saturated heterocycles. The number of rotatable bonds is 8. The van der Waals surface area contributed by atoms with Crippen molar-refractivity contribution in [3.63, 3.8) is 0 Å². The molecule has 3 aromatic carbocycles. The molecule has 0 fully saturated rings. The summed E-state index contributed by atoms with van der Waals surface area (Å²) in [4.78, 5) is 16.6. The Bertz CT molecular complexity index is 1960. The maximum atomic E-state index is 10.6. The number of phenolic OH excluding ortho intramolecular Hbond substituents is 2.